The molecular weight excluding hydrogens is 429 g/mol. The molecule has 190 valence electrons. The number of nitrogens with one attached hydrogen (secondary N) is 1. The Morgan fingerprint density at radius 3 is 2.51 bits per heavy atom. The van der Waals surface area contributed by atoms with Gasteiger partial charge in [-0.05, 0) is 81.4 Å². The minimum atomic E-state index is 0.151. The molecule has 2 atom stereocenters. The molecule has 2 saturated heterocycles. The average molecular weight is 476 g/mol. The second-order valence-electron chi connectivity index (χ2n) is 12.3. The molecule has 1 aromatic carbocycles. The van der Waals surface area contributed by atoms with E-state index in [1.165, 1.54) is 55.4 Å². The van der Waals surface area contributed by atoms with Crippen molar-refractivity contribution in [3.8, 4) is 0 Å². The molecule has 1 aromatic rings. The second-order valence-corrected chi connectivity index (χ2v) is 12.3. The van der Waals surface area contributed by atoms with Crippen LogP contribution in [0.25, 0.3) is 0 Å². The second kappa shape index (κ2) is 10.5. The predicted molar refractivity (Wildman–Crippen MR) is 153 cm³/mol. The smallest absolute Gasteiger partial charge is 0.222 e. The number of guanidine groups is 1. The zero-order chi connectivity index (χ0) is 25.3. The maximum absolute atomic E-state index is 4.96. The van der Waals surface area contributed by atoms with Crippen LogP contribution in [0.4, 0.5) is 0 Å². The first-order chi connectivity index (χ1) is 16.6. The van der Waals surface area contributed by atoms with E-state index in [-0.39, 0.29) is 6.04 Å². The lowest BCUT2D eigenvalue weighted by molar-refractivity contribution is -0.0202. The molecular formula is C29H46BN5. The van der Waals surface area contributed by atoms with Crippen LogP contribution in [0, 0.1) is 24.2 Å². The molecule has 3 aliphatic rings. The van der Waals surface area contributed by atoms with Crippen molar-refractivity contribution in [3.05, 3.63) is 41.5 Å². The summed E-state index contributed by atoms with van der Waals surface area (Å²) < 4.78 is 0. The van der Waals surface area contributed by atoms with E-state index >= 15 is 0 Å². The Kier molecular flexibility index (Phi) is 7.80. The van der Waals surface area contributed by atoms with Crippen molar-refractivity contribution in [3.63, 3.8) is 0 Å². The van der Waals surface area contributed by atoms with Gasteiger partial charge >= 0.3 is 0 Å². The first kappa shape index (κ1) is 26.0. The standard InChI is InChI=1S/C29H46BN5/c1-19(2)27(32-21(4)25-11-10-20(3)13-26(25)30)33-28(31-7)35-17-23(18-35)22-9-8-12-34(16-22)24-14-29(5,6)15-24/h10-11,13,21-24H,1,8-9,12,14-18,30H2,2-7H3,(H,31,32,33)/t21?,22-/m0/s1. The summed E-state index contributed by atoms with van der Waals surface area (Å²) in [6.45, 7) is 20.1. The van der Waals surface area contributed by atoms with Crippen LogP contribution in [0.5, 0.6) is 0 Å². The van der Waals surface area contributed by atoms with Gasteiger partial charge in [-0.25, -0.2) is 0 Å². The summed E-state index contributed by atoms with van der Waals surface area (Å²) in [5, 5.41) is 3.61. The third-order valence-corrected chi connectivity index (χ3v) is 8.50. The highest BCUT2D eigenvalue weighted by molar-refractivity contribution is 6.33. The molecule has 3 fully saturated rings. The molecule has 4 rings (SSSR count). The summed E-state index contributed by atoms with van der Waals surface area (Å²) in [6, 6.07) is 7.60. The van der Waals surface area contributed by atoms with Gasteiger partial charge < -0.3 is 15.1 Å². The van der Waals surface area contributed by atoms with Gasteiger partial charge in [0.1, 0.15) is 13.7 Å². The zero-order valence-corrected chi connectivity index (χ0v) is 23.2. The summed E-state index contributed by atoms with van der Waals surface area (Å²) >= 11 is 0. The van der Waals surface area contributed by atoms with Crippen LogP contribution in [0.15, 0.2) is 40.3 Å². The van der Waals surface area contributed by atoms with Gasteiger partial charge in [0.25, 0.3) is 0 Å². The minimum absolute atomic E-state index is 0.151. The van der Waals surface area contributed by atoms with Crippen LogP contribution in [-0.4, -0.2) is 68.7 Å². The van der Waals surface area contributed by atoms with Crippen molar-refractivity contribution in [2.75, 3.05) is 33.2 Å². The number of rotatable bonds is 5. The van der Waals surface area contributed by atoms with Crippen LogP contribution < -0.4 is 10.8 Å². The van der Waals surface area contributed by atoms with Crippen LogP contribution in [0.1, 0.15) is 70.5 Å². The van der Waals surface area contributed by atoms with E-state index in [1.807, 2.05) is 14.0 Å². The Morgan fingerprint density at radius 2 is 1.91 bits per heavy atom. The van der Waals surface area contributed by atoms with Crippen molar-refractivity contribution >= 4 is 25.1 Å². The van der Waals surface area contributed by atoms with Crippen molar-refractivity contribution in [2.45, 2.75) is 72.4 Å². The van der Waals surface area contributed by atoms with Gasteiger partial charge in [0, 0.05) is 38.8 Å². The van der Waals surface area contributed by atoms with Crippen LogP contribution in [-0.2, 0) is 0 Å². The summed E-state index contributed by atoms with van der Waals surface area (Å²) in [4.78, 5) is 14.7. The van der Waals surface area contributed by atoms with E-state index in [0.717, 1.165) is 48.3 Å². The van der Waals surface area contributed by atoms with Gasteiger partial charge in [-0.3, -0.25) is 4.99 Å². The number of aryl methyl sites for hydroxylation is 1. The average Bonchev–Trinajstić information content (AvgIpc) is 2.74. The Balaban J connectivity index is 1.35. The largest absolute Gasteiger partial charge is 0.363 e. The molecule has 0 bridgehead atoms. The molecule has 0 spiro atoms. The highest BCUT2D eigenvalue weighted by Gasteiger charge is 2.43. The Labute approximate surface area is 214 Å². The minimum Gasteiger partial charge on any atom is -0.363 e. The van der Waals surface area contributed by atoms with E-state index in [9.17, 15) is 0 Å². The Hall–Kier alpha value is -2.08. The lowest BCUT2D eigenvalue weighted by Crippen LogP contribution is -2.58. The van der Waals surface area contributed by atoms with Crippen molar-refractivity contribution < 1.29 is 0 Å². The molecule has 1 unspecified atom stereocenters. The molecule has 5 nitrogen and oxygen atoms in total. The monoisotopic (exact) mass is 475 g/mol. The van der Waals surface area contributed by atoms with Crippen LogP contribution in [0.3, 0.4) is 0 Å². The molecule has 0 aromatic heterocycles. The summed E-state index contributed by atoms with van der Waals surface area (Å²) in [6.07, 6.45) is 5.47. The number of hydrogen-bond donors (Lipinski definition) is 1. The Morgan fingerprint density at radius 1 is 1.20 bits per heavy atom. The summed E-state index contributed by atoms with van der Waals surface area (Å²) in [7, 11) is 4.03. The van der Waals surface area contributed by atoms with Gasteiger partial charge in [-0.15, -0.1) is 0 Å². The first-order valence-electron chi connectivity index (χ1n) is 13.6. The number of aliphatic imine (C=N–C) groups is 2. The predicted octanol–water partition coefficient (Wildman–Crippen LogP) is 3.70. The third-order valence-electron chi connectivity index (χ3n) is 8.50. The van der Waals surface area contributed by atoms with Gasteiger partial charge in [0.15, 0.2) is 0 Å². The fraction of sp³-hybridized carbons (Fsp3) is 0.655. The first-order valence-corrected chi connectivity index (χ1v) is 13.6. The summed E-state index contributed by atoms with van der Waals surface area (Å²) in [5.41, 5.74) is 5.37. The quantitative estimate of drug-likeness (QED) is 0.401. The van der Waals surface area contributed by atoms with E-state index < -0.39 is 0 Å². The number of likely N-dealkylation sites (tertiary alicyclic amines) is 2. The highest BCUT2D eigenvalue weighted by Crippen LogP contribution is 2.44. The zero-order valence-electron chi connectivity index (χ0n) is 23.2. The van der Waals surface area contributed by atoms with Crippen molar-refractivity contribution in [1.82, 2.24) is 15.1 Å². The topological polar surface area (TPSA) is 43.2 Å². The maximum atomic E-state index is 4.96. The lowest BCUT2D eigenvalue weighted by atomic mass is 9.67. The summed E-state index contributed by atoms with van der Waals surface area (Å²) in [5.74, 6) is 3.23. The molecule has 1 N–H and O–H groups in total. The Bertz CT molecular complexity index is 983. The van der Waals surface area contributed by atoms with Crippen LogP contribution in [0.2, 0.25) is 0 Å². The maximum Gasteiger partial charge on any atom is 0.222 e. The van der Waals surface area contributed by atoms with E-state index in [2.05, 4.69) is 80.4 Å². The van der Waals surface area contributed by atoms with Crippen molar-refractivity contribution in [1.29, 1.82) is 0 Å². The number of piperidine rings is 1. The fourth-order valence-corrected chi connectivity index (χ4v) is 6.41. The van der Waals surface area contributed by atoms with E-state index in [1.54, 1.807) is 0 Å². The number of amidine groups is 1. The van der Waals surface area contributed by atoms with E-state index in [0.29, 0.717) is 5.41 Å². The molecule has 2 aliphatic heterocycles. The van der Waals surface area contributed by atoms with Crippen LogP contribution >= 0.6 is 0 Å². The molecule has 0 amide bonds. The normalized spacial score (nSPS) is 25.1. The molecule has 0 radical (unpaired) electrons. The third kappa shape index (κ3) is 6.02. The van der Waals surface area contributed by atoms with E-state index in [4.69, 9.17) is 4.99 Å². The van der Waals surface area contributed by atoms with Gasteiger partial charge in [-0.2, -0.15) is 4.99 Å². The molecule has 2 heterocycles. The molecule has 1 saturated carbocycles. The number of nitrogens with zero attached hydrogens (tertiary/aromatic N) is 4. The van der Waals surface area contributed by atoms with Crippen molar-refractivity contribution in [2.24, 2.45) is 27.2 Å². The number of benzene rings is 1. The van der Waals surface area contributed by atoms with Gasteiger partial charge in [0.2, 0.25) is 5.96 Å². The molecule has 1 aliphatic carbocycles. The fourth-order valence-electron chi connectivity index (χ4n) is 6.41. The highest BCUT2D eigenvalue weighted by atomic mass is 15.3. The SMILES string of the molecule is Bc1cc(C)ccc1C(C)N/C(=N/C(=N\C)N1CC([C@H]2CCCN(C3CC(C)(C)C3)C2)C1)C(=C)C. The lowest BCUT2D eigenvalue weighted by Gasteiger charge is -2.53. The molecule has 35 heavy (non-hydrogen) atoms. The van der Waals surface area contributed by atoms with Gasteiger partial charge in [0.05, 0.1) is 0 Å². The van der Waals surface area contributed by atoms with Gasteiger partial charge in [-0.1, -0.05) is 49.7 Å². The number of hydrogen-bond acceptors (Lipinski definition) is 2. The molecule has 6 heteroatoms.